The highest BCUT2D eigenvalue weighted by molar-refractivity contribution is 7.25. The van der Waals surface area contributed by atoms with E-state index in [0.29, 0.717) is 6.42 Å². The van der Waals surface area contributed by atoms with Crippen LogP contribution in [-0.2, 0) is 6.42 Å². The molecule has 0 spiro atoms. The molecular weight excluding hydrogens is 665 g/mol. The van der Waals surface area contributed by atoms with E-state index in [4.69, 9.17) is 16.6 Å². The number of hydrogen-bond acceptors (Lipinski definition) is 5. The molecule has 2 aliphatic heterocycles. The Morgan fingerprint density at radius 3 is 2.26 bits per heavy atom. The van der Waals surface area contributed by atoms with E-state index in [0.717, 1.165) is 36.3 Å². The molecule has 3 atom stereocenters. The normalized spacial score (nSPS) is 18.8. The zero-order chi connectivity index (χ0) is 37.0. The highest BCUT2D eigenvalue weighted by Gasteiger charge is 2.44. The van der Waals surface area contributed by atoms with Gasteiger partial charge in [-0.05, 0) is 108 Å². The Bertz CT molecular complexity index is 2340. The molecular formula is C48H50N4S. The maximum atomic E-state index is 4.88. The van der Waals surface area contributed by atoms with Gasteiger partial charge in [-0.2, -0.15) is 0 Å². The molecule has 8 rings (SSSR count). The summed E-state index contributed by atoms with van der Waals surface area (Å²) >= 11 is 1.89. The summed E-state index contributed by atoms with van der Waals surface area (Å²) in [6.45, 7) is 25.1. The second kappa shape index (κ2) is 14.1. The number of hydrogen-bond donors (Lipinski definition) is 0. The number of aryl methyl sites for hydroxylation is 1. The molecule has 0 bridgehead atoms. The molecule has 4 heterocycles. The molecule has 2 aliphatic rings. The molecule has 0 fully saturated rings. The predicted octanol–water partition coefficient (Wildman–Crippen LogP) is 13.5. The highest BCUT2D eigenvalue weighted by Crippen LogP contribution is 2.57. The van der Waals surface area contributed by atoms with E-state index < -0.39 is 0 Å². The molecule has 2 aromatic heterocycles. The van der Waals surface area contributed by atoms with Crippen molar-refractivity contribution < 1.29 is 0 Å². The Morgan fingerprint density at radius 2 is 1.57 bits per heavy atom. The van der Waals surface area contributed by atoms with Crippen LogP contribution in [0.25, 0.3) is 31.3 Å². The van der Waals surface area contributed by atoms with Crippen LogP contribution in [0, 0.1) is 5.92 Å². The maximum Gasteiger partial charge on any atom is 0.137 e. The van der Waals surface area contributed by atoms with E-state index in [2.05, 4.69) is 149 Å². The fraction of sp³-hybridized carbons (Fsp3) is 0.292. The quantitative estimate of drug-likeness (QED) is 0.122. The van der Waals surface area contributed by atoms with Gasteiger partial charge in [0.15, 0.2) is 0 Å². The lowest BCUT2D eigenvalue weighted by Gasteiger charge is -2.40. The first-order chi connectivity index (χ1) is 25.7. The van der Waals surface area contributed by atoms with Gasteiger partial charge in [0.05, 0.1) is 29.3 Å². The fourth-order valence-corrected chi connectivity index (χ4v) is 10.0. The summed E-state index contributed by atoms with van der Waals surface area (Å²) < 4.78 is 2.65. The Hall–Kier alpha value is -5.00. The Morgan fingerprint density at radius 1 is 0.849 bits per heavy atom. The minimum Gasteiger partial charge on any atom is -0.318 e. The van der Waals surface area contributed by atoms with Crippen molar-refractivity contribution in [2.24, 2.45) is 10.9 Å². The van der Waals surface area contributed by atoms with Gasteiger partial charge in [0.25, 0.3) is 0 Å². The van der Waals surface area contributed by atoms with Crippen molar-refractivity contribution >= 4 is 55.3 Å². The third-order valence-corrected chi connectivity index (χ3v) is 12.8. The van der Waals surface area contributed by atoms with Crippen molar-refractivity contribution in [2.45, 2.75) is 84.3 Å². The molecule has 268 valence electrons. The summed E-state index contributed by atoms with van der Waals surface area (Å²) in [5.74, 6) is 0.778. The number of nitrogens with zero attached hydrogens (tertiary/aromatic N) is 4. The van der Waals surface area contributed by atoms with Gasteiger partial charge >= 0.3 is 0 Å². The number of aromatic nitrogens is 1. The smallest absolute Gasteiger partial charge is 0.137 e. The average molecular weight is 715 g/mol. The minimum absolute atomic E-state index is 0.00727. The number of fused-ring (bicyclic) bond motifs is 8. The van der Waals surface area contributed by atoms with Gasteiger partial charge in [-0.15, -0.1) is 11.3 Å². The van der Waals surface area contributed by atoms with Crippen LogP contribution in [0.3, 0.4) is 0 Å². The van der Waals surface area contributed by atoms with Gasteiger partial charge in [-0.1, -0.05) is 102 Å². The van der Waals surface area contributed by atoms with E-state index in [-0.39, 0.29) is 30.0 Å². The molecule has 3 unspecified atom stereocenters. The van der Waals surface area contributed by atoms with Gasteiger partial charge in [0.1, 0.15) is 6.17 Å². The minimum atomic E-state index is -0.172. The fourth-order valence-electron chi connectivity index (χ4n) is 8.85. The largest absolute Gasteiger partial charge is 0.318 e. The van der Waals surface area contributed by atoms with Crippen LogP contribution in [0.5, 0.6) is 0 Å². The van der Waals surface area contributed by atoms with Crippen LogP contribution in [-0.4, -0.2) is 17.7 Å². The van der Waals surface area contributed by atoms with Crippen LogP contribution in [0.1, 0.15) is 94.1 Å². The van der Waals surface area contributed by atoms with Crippen LogP contribution >= 0.6 is 11.3 Å². The maximum absolute atomic E-state index is 4.88. The van der Waals surface area contributed by atoms with Crippen molar-refractivity contribution in [3.63, 3.8) is 0 Å². The monoisotopic (exact) mass is 714 g/mol. The zero-order valence-electron chi connectivity index (χ0n) is 31.8. The van der Waals surface area contributed by atoms with Crippen molar-refractivity contribution in [1.29, 1.82) is 0 Å². The molecule has 0 N–H and O–H groups in total. The van der Waals surface area contributed by atoms with Crippen LogP contribution in [0.2, 0.25) is 0 Å². The van der Waals surface area contributed by atoms with Gasteiger partial charge in [-0.3, -0.25) is 9.98 Å². The topological polar surface area (TPSA) is 31.7 Å². The van der Waals surface area contributed by atoms with Crippen molar-refractivity contribution in [2.75, 3.05) is 9.80 Å². The third-order valence-electron chi connectivity index (χ3n) is 11.7. The molecule has 0 saturated heterocycles. The summed E-state index contributed by atoms with van der Waals surface area (Å²) in [6.07, 6.45) is 7.35. The number of benzene rings is 4. The molecule has 0 radical (unpaired) electrons. The lowest BCUT2D eigenvalue weighted by atomic mass is 9.81. The number of thiophene rings is 1. The molecule has 4 nitrogen and oxygen atoms in total. The summed E-state index contributed by atoms with van der Waals surface area (Å²) in [6, 6.07) is 31.7. The third kappa shape index (κ3) is 5.99. The summed E-state index contributed by atoms with van der Waals surface area (Å²) in [5.41, 5.74) is 13.6. The number of aliphatic imine (C=N–C) groups is 1. The zero-order valence-corrected chi connectivity index (χ0v) is 32.6. The van der Waals surface area contributed by atoms with Crippen LogP contribution in [0.15, 0.2) is 127 Å². The number of anilines is 3. The van der Waals surface area contributed by atoms with E-state index >= 15 is 0 Å². The average Bonchev–Trinajstić information content (AvgIpc) is 3.71. The standard InChI is InChI=1S/C48H50N4S/c1-9-31(6)36-20-19-34-26-46-41(37-17-13-14-18-45(37)53-46)27-40(34)48-51(32(7)23-42(36)49-8)43-21-22-50-28-44(43)52(48)47-38(29(2)3)24-35(25-39(47)30(4)5)33-15-11-10-12-16-33/h10-18,21-22,24-30,36,42,48H,6-9,19-20,23H2,1-5H3. The van der Waals surface area contributed by atoms with Gasteiger partial charge in [0.2, 0.25) is 0 Å². The molecule has 0 amide bonds. The van der Waals surface area contributed by atoms with E-state index in [1.807, 2.05) is 17.5 Å². The molecule has 4 aromatic carbocycles. The van der Waals surface area contributed by atoms with E-state index in [1.54, 1.807) is 0 Å². The van der Waals surface area contributed by atoms with E-state index in [1.165, 1.54) is 64.8 Å². The Kier molecular flexibility index (Phi) is 9.32. The van der Waals surface area contributed by atoms with Crippen LogP contribution < -0.4 is 9.80 Å². The molecule has 0 aliphatic carbocycles. The SMILES string of the molecule is C=NC1CC(=C)N2c3ccncc3N(c3c(C(C)C)cc(-c4ccccc4)cc3C(C)C)C2c2cc3c(cc2CCC1C(=C)CC)sc1ccccc13. The molecule has 5 heteroatoms. The van der Waals surface area contributed by atoms with Gasteiger partial charge in [-0.25, -0.2) is 0 Å². The first kappa shape index (κ1) is 35.1. The first-order valence-corrected chi connectivity index (χ1v) is 20.0. The summed E-state index contributed by atoms with van der Waals surface area (Å²) in [4.78, 5) is 14.7. The molecule has 53 heavy (non-hydrogen) atoms. The van der Waals surface area contributed by atoms with Crippen molar-refractivity contribution in [3.05, 3.63) is 144 Å². The number of rotatable bonds is 7. The Labute approximate surface area is 319 Å². The van der Waals surface area contributed by atoms with Gasteiger partial charge < -0.3 is 9.80 Å². The Balaban J connectivity index is 1.45. The number of pyridine rings is 1. The van der Waals surface area contributed by atoms with Gasteiger partial charge in [0, 0.05) is 44.4 Å². The predicted molar refractivity (Wildman–Crippen MR) is 229 cm³/mol. The second-order valence-corrected chi connectivity index (χ2v) is 16.6. The van der Waals surface area contributed by atoms with Crippen LogP contribution in [0.4, 0.5) is 17.1 Å². The van der Waals surface area contributed by atoms with Crippen molar-refractivity contribution in [3.8, 4) is 11.1 Å². The summed E-state index contributed by atoms with van der Waals surface area (Å²) in [7, 11) is 0. The highest BCUT2D eigenvalue weighted by atomic mass is 32.1. The first-order valence-electron chi connectivity index (χ1n) is 19.2. The lowest BCUT2D eigenvalue weighted by molar-refractivity contribution is 0.432. The second-order valence-electron chi connectivity index (χ2n) is 15.5. The lowest BCUT2D eigenvalue weighted by Crippen LogP contribution is -2.37. The molecule has 0 saturated carbocycles. The molecule has 6 aromatic rings. The summed E-state index contributed by atoms with van der Waals surface area (Å²) in [5, 5.41) is 2.63. The van der Waals surface area contributed by atoms with E-state index in [9.17, 15) is 0 Å². The van der Waals surface area contributed by atoms with Crippen molar-refractivity contribution in [1.82, 2.24) is 4.98 Å².